The van der Waals surface area contributed by atoms with E-state index in [0.717, 1.165) is 24.0 Å². The minimum atomic E-state index is -0.882. The molecular formula is C27H34N2O5. The average Bonchev–Trinajstić information content (AvgIpc) is 3.14. The van der Waals surface area contributed by atoms with E-state index in [1.165, 1.54) is 11.1 Å². The number of fused-ring (bicyclic) bond motifs is 3. The van der Waals surface area contributed by atoms with Crippen molar-refractivity contribution in [3.05, 3.63) is 59.7 Å². The Morgan fingerprint density at radius 2 is 1.62 bits per heavy atom. The zero-order valence-corrected chi connectivity index (χ0v) is 19.9. The quantitative estimate of drug-likeness (QED) is 0.421. The van der Waals surface area contributed by atoms with Crippen LogP contribution >= 0.6 is 0 Å². The molecule has 0 bridgehead atoms. The highest BCUT2D eigenvalue weighted by Crippen LogP contribution is 2.44. The smallest absolute Gasteiger partial charge is 0.407 e. The van der Waals surface area contributed by atoms with Crippen molar-refractivity contribution in [1.82, 2.24) is 10.6 Å². The van der Waals surface area contributed by atoms with Gasteiger partial charge in [0.25, 0.3) is 0 Å². The minimum absolute atomic E-state index is 0.0215. The highest BCUT2D eigenvalue weighted by atomic mass is 16.5. The van der Waals surface area contributed by atoms with Gasteiger partial charge in [-0.1, -0.05) is 75.2 Å². The number of rotatable bonds is 12. The first kappa shape index (κ1) is 25.3. The van der Waals surface area contributed by atoms with Gasteiger partial charge >= 0.3 is 12.1 Å². The molecule has 0 aromatic heterocycles. The summed E-state index contributed by atoms with van der Waals surface area (Å²) < 4.78 is 5.62. The summed E-state index contributed by atoms with van der Waals surface area (Å²) >= 11 is 0. The molecule has 1 aliphatic carbocycles. The summed E-state index contributed by atoms with van der Waals surface area (Å²) in [7, 11) is 0. The number of benzene rings is 2. The summed E-state index contributed by atoms with van der Waals surface area (Å²) in [6.45, 7) is 4.17. The Labute approximate surface area is 200 Å². The van der Waals surface area contributed by atoms with E-state index >= 15 is 0 Å². The van der Waals surface area contributed by atoms with E-state index in [1.54, 1.807) is 6.92 Å². The van der Waals surface area contributed by atoms with E-state index in [2.05, 4.69) is 41.8 Å². The number of alkyl carbamates (subject to hydrolysis) is 1. The highest BCUT2D eigenvalue weighted by Gasteiger charge is 2.29. The van der Waals surface area contributed by atoms with Gasteiger partial charge in [0.05, 0.1) is 5.92 Å². The van der Waals surface area contributed by atoms with Gasteiger partial charge in [-0.25, -0.2) is 4.79 Å². The predicted octanol–water partition coefficient (Wildman–Crippen LogP) is 4.70. The molecule has 2 aromatic carbocycles. The van der Waals surface area contributed by atoms with E-state index in [9.17, 15) is 14.4 Å². The second-order valence-corrected chi connectivity index (χ2v) is 8.89. The maximum Gasteiger partial charge on any atom is 0.407 e. The molecule has 3 rings (SSSR count). The lowest BCUT2D eigenvalue weighted by Crippen LogP contribution is -2.40. The first-order valence-corrected chi connectivity index (χ1v) is 12.0. The van der Waals surface area contributed by atoms with Crippen molar-refractivity contribution in [1.29, 1.82) is 0 Å². The SMILES string of the molecule is CCCC[C@@H](CC(=O)NCCC(C)C(=O)O)NC(=O)OCC1c2ccccc2-c2ccccc21. The molecule has 0 fully saturated rings. The normalized spacial score (nSPS) is 13.9. The maximum atomic E-state index is 12.6. The van der Waals surface area contributed by atoms with Crippen molar-refractivity contribution in [3.8, 4) is 11.1 Å². The average molecular weight is 467 g/mol. The summed E-state index contributed by atoms with van der Waals surface area (Å²) in [5.74, 6) is -1.63. The summed E-state index contributed by atoms with van der Waals surface area (Å²) in [6, 6.07) is 16.0. The van der Waals surface area contributed by atoms with Crippen LogP contribution < -0.4 is 10.6 Å². The van der Waals surface area contributed by atoms with Crippen molar-refractivity contribution < 1.29 is 24.2 Å². The molecule has 0 saturated heterocycles. The molecular weight excluding hydrogens is 432 g/mol. The largest absolute Gasteiger partial charge is 0.481 e. The van der Waals surface area contributed by atoms with Crippen LogP contribution in [0, 0.1) is 5.92 Å². The molecule has 0 spiro atoms. The van der Waals surface area contributed by atoms with E-state index in [4.69, 9.17) is 9.84 Å². The number of carboxylic acids is 1. The third-order valence-corrected chi connectivity index (χ3v) is 6.32. The van der Waals surface area contributed by atoms with E-state index in [-0.39, 0.29) is 37.4 Å². The molecule has 7 heteroatoms. The Morgan fingerprint density at radius 1 is 1.00 bits per heavy atom. The predicted molar refractivity (Wildman–Crippen MR) is 131 cm³/mol. The van der Waals surface area contributed by atoms with Crippen molar-refractivity contribution >= 4 is 18.0 Å². The number of carboxylic acid groups (broad SMARTS) is 1. The van der Waals surface area contributed by atoms with Crippen LogP contribution in [0.3, 0.4) is 0 Å². The third-order valence-electron chi connectivity index (χ3n) is 6.32. The van der Waals surface area contributed by atoms with Gasteiger partial charge in [-0.15, -0.1) is 0 Å². The molecule has 1 aliphatic rings. The Balaban J connectivity index is 1.54. The lowest BCUT2D eigenvalue weighted by molar-refractivity contribution is -0.141. The Morgan fingerprint density at radius 3 is 2.21 bits per heavy atom. The molecule has 0 aliphatic heterocycles. The zero-order chi connectivity index (χ0) is 24.5. The van der Waals surface area contributed by atoms with Crippen LogP contribution in [0.15, 0.2) is 48.5 Å². The number of aliphatic carboxylic acids is 1. The molecule has 182 valence electrons. The van der Waals surface area contributed by atoms with Crippen LogP contribution in [0.2, 0.25) is 0 Å². The molecule has 7 nitrogen and oxygen atoms in total. The summed E-state index contributed by atoms with van der Waals surface area (Å²) in [5.41, 5.74) is 4.63. The molecule has 0 heterocycles. The zero-order valence-electron chi connectivity index (χ0n) is 19.9. The van der Waals surface area contributed by atoms with Gasteiger partial charge in [0.1, 0.15) is 6.61 Å². The van der Waals surface area contributed by atoms with Crippen molar-refractivity contribution in [3.63, 3.8) is 0 Å². The third kappa shape index (κ3) is 6.59. The second-order valence-electron chi connectivity index (χ2n) is 8.89. The van der Waals surface area contributed by atoms with Gasteiger partial charge in [-0.3, -0.25) is 9.59 Å². The number of carbonyl (C=O) groups excluding carboxylic acids is 2. The lowest BCUT2D eigenvalue weighted by Gasteiger charge is -2.20. The Bertz CT molecular complexity index is 961. The minimum Gasteiger partial charge on any atom is -0.481 e. The number of nitrogens with one attached hydrogen (secondary N) is 2. The molecule has 1 unspecified atom stereocenters. The molecule has 2 aromatic rings. The standard InChI is InChI=1S/C27H34N2O5/c1-3-4-9-19(16-25(30)28-15-14-18(2)26(31)32)29-27(33)34-17-24-22-12-7-5-10-20(22)21-11-6-8-13-23(21)24/h5-8,10-13,18-19,24H,3-4,9,14-17H2,1-2H3,(H,28,30)(H,29,33)(H,31,32)/t18?,19-/m0/s1. The second kappa shape index (κ2) is 12.2. The van der Waals surface area contributed by atoms with Crippen LogP contribution in [0.5, 0.6) is 0 Å². The lowest BCUT2D eigenvalue weighted by atomic mass is 9.98. The molecule has 34 heavy (non-hydrogen) atoms. The van der Waals surface area contributed by atoms with Crippen molar-refractivity contribution in [2.24, 2.45) is 5.92 Å². The highest BCUT2D eigenvalue weighted by molar-refractivity contribution is 5.79. The van der Waals surface area contributed by atoms with Crippen LogP contribution in [-0.2, 0) is 14.3 Å². The van der Waals surface area contributed by atoms with Crippen molar-refractivity contribution in [2.75, 3.05) is 13.2 Å². The first-order chi connectivity index (χ1) is 16.4. The van der Waals surface area contributed by atoms with Gasteiger partial charge in [0.15, 0.2) is 0 Å². The number of carbonyl (C=O) groups is 3. The topological polar surface area (TPSA) is 105 Å². The molecule has 2 atom stereocenters. The van der Waals surface area contributed by atoms with Gasteiger partial charge in [-0.2, -0.15) is 0 Å². The molecule has 3 N–H and O–H groups in total. The first-order valence-electron chi connectivity index (χ1n) is 12.0. The molecule has 0 saturated carbocycles. The monoisotopic (exact) mass is 466 g/mol. The molecule has 0 radical (unpaired) electrons. The van der Waals surface area contributed by atoms with E-state index < -0.39 is 18.0 Å². The van der Waals surface area contributed by atoms with Gasteiger partial charge in [0.2, 0.25) is 5.91 Å². The van der Waals surface area contributed by atoms with E-state index in [1.807, 2.05) is 24.3 Å². The Hall–Kier alpha value is -3.35. The fourth-order valence-corrected chi connectivity index (χ4v) is 4.33. The fourth-order valence-electron chi connectivity index (χ4n) is 4.33. The van der Waals surface area contributed by atoms with Gasteiger partial charge in [0, 0.05) is 24.9 Å². The maximum absolute atomic E-state index is 12.6. The number of ether oxygens (including phenoxy) is 1. The van der Waals surface area contributed by atoms with Gasteiger partial charge in [-0.05, 0) is 35.1 Å². The number of unbranched alkanes of at least 4 members (excludes halogenated alkanes) is 1. The van der Waals surface area contributed by atoms with Crippen LogP contribution in [0.4, 0.5) is 4.79 Å². The van der Waals surface area contributed by atoms with E-state index in [0.29, 0.717) is 12.8 Å². The van der Waals surface area contributed by atoms with Crippen LogP contribution in [-0.4, -0.2) is 42.3 Å². The van der Waals surface area contributed by atoms with Gasteiger partial charge < -0.3 is 20.5 Å². The van der Waals surface area contributed by atoms with Crippen molar-refractivity contribution in [2.45, 2.75) is 57.9 Å². The summed E-state index contributed by atoms with van der Waals surface area (Å²) in [5, 5.41) is 14.6. The molecule has 2 amide bonds. The summed E-state index contributed by atoms with van der Waals surface area (Å²) in [6.07, 6.45) is 2.44. The Kier molecular flexibility index (Phi) is 9.08. The van der Waals surface area contributed by atoms with Crippen LogP contribution in [0.1, 0.15) is 63.0 Å². The number of amides is 2. The van der Waals surface area contributed by atoms with Crippen LogP contribution in [0.25, 0.3) is 11.1 Å². The number of hydrogen-bond donors (Lipinski definition) is 3. The fraction of sp³-hybridized carbons (Fsp3) is 0.444. The summed E-state index contributed by atoms with van der Waals surface area (Å²) in [4.78, 5) is 35.9. The number of hydrogen-bond acceptors (Lipinski definition) is 4.